The van der Waals surface area contributed by atoms with Gasteiger partial charge in [-0.15, -0.1) is 0 Å². The molecule has 1 aromatic heterocycles. The van der Waals surface area contributed by atoms with Crippen LogP contribution in [-0.4, -0.2) is 65.8 Å². The molecular formula is C14H19F3N4O2S. The third-order valence-electron chi connectivity index (χ3n) is 4.64. The molecule has 1 fully saturated rings. The number of hydrogen-bond acceptors (Lipinski definition) is 4. The van der Waals surface area contributed by atoms with Gasteiger partial charge < -0.3 is 4.90 Å². The van der Waals surface area contributed by atoms with E-state index >= 15 is 0 Å². The van der Waals surface area contributed by atoms with Crippen molar-refractivity contribution in [2.75, 3.05) is 32.4 Å². The zero-order valence-electron chi connectivity index (χ0n) is 13.4. The summed E-state index contributed by atoms with van der Waals surface area (Å²) in [7, 11) is -3.29. The molecule has 0 amide bonds. The fourth-order valence-electron chi connectivity index (χ4n) is 3.12. The van der Waals surface area contributed by atoms with Crippen molar-refractivity contribution in [1.82, 2.24) is 18.8 Å². The number of fused-ring (bicyclic) bond motifs is 1. The van der Waals surface area contributed by atoms with Crippen molar-refractivity contribution in [1.29, 1.82) is 0 Å². The van der Waals surface area contributed by atoms with Crippen molar-refractivity contribution < 1.29 is 21.6 Å². The van der Waals surface area contributed by atoms with Crippen LogP contribution in [0.1, 0.15) is 12.6 Å². The summed E-state index contributed by atoms with van der Waals surface area (Å²) in [5.74, 6) is 0.418. The lowest BCUT2D eigenvalue weighted by Crippen LogP contribution is -2.49. The maximum atomic E-state index is 13.5. The molecule has 0 N–H and O–H groups in total. The Morgan fingerprint density at radius 1 is 1.21 bits per heavy atom. The van der Waals surface area contributed by atoms with Crippen molar-refractivity contribution in [3.8, 4) is 0 Å². The maximum Gasteiger partial charge on any atom is 0.398 e. The number of halogens is 3. The molecule has 6 nitrogen and oxygen atoms in total. The average molecular weight is 364 g/mol. The summed E-state index contributed by atoms with van der Waals surface area (Å²) in [6.07, 6.45) is 0.782. The van der Waals surface area contributed by atoms with Gasteiger partial charge in [-0.2, -0.15) is 17.5 Å². The van der Waals surface area contributed by atoms with E-state index in [1.54, 1.807) is 9.47 Å². The monoisotopic (exact) mass is 364 g/mol. The SMILES string of the molecule is CC1(C(F)(F)F)C=C(N2CCN(S(C)(=O)=O)CC2)n2cncc2C1. The number of nitrogens with zero attached hydrogens (tertiary/aromatic N) is 4. The standard InChI is InChI=1S/C14H19F3N4O2S/c1-13(14(15,16)17)7-11-9-18-10-21(11)12(8-13)19-3-5-20(6-4-19)24(2,22)23/h8-10H,3-7H2,1-2H3. The van der Waals surface area contributed by atoms with Crippen molar-refractivity contribution in [3.05, 3.63) is 24.3 Å². The van der Waals surface area contributed by atoms with Crippen LogP contribution in [0.2, 0.25) is 0 Å². The molecule has 0 bridgehead atoms. The van der Waals surface area contributed by atoms with E-state index in [2.05, 4.69) is 4.98 Å². The maximum absolute atomic E-state index is 13.5. The van der Waals surface area contributed by atoms with E-state index in [0.717, 1.165) is 6.26 Å². The minimum atomic E-state index is -4.37. The molecule has 1 atom stereocenters. The molecule has 1 saturated heterocycles. The van der Waals surface area contributed by atoms with E-state index < -0.39 is 21.6 Å². The summed E-state index contributed by atoms with van der Waals surface area (Å²) in [6.45, 7) is 2.36. The van der Waals surface area contributed by atoms with Crippen LogP contribution in [0.3, 0.4) is 0 Å². The summed E-state index contributed by atoms with van der Waals surface area (Å²) < 4.78 is 66.7. The summed E-state index contributed by atoms with van der Waals surface area (Å²) in [5, 5.41) is 0. The van der Waals surface area contributed by atoms with Gasteiger partial charge in [0.25, 0.3) is 0 Å². The second kappa shape index (κ2) is 5.48. The van der Waals surface area contributed by atoms with Crippen LogP contribution in [0.5, 0.6) is 0 Å². The Bertz CT molecular complexity index is 763. The van der Waals surface area contributed by atoms with E-state index in [0.29, 0.717) is 24.6 Å². The lowest BCUT2D eigenvalue weighted by Gasteiger charge is -2.41. The molecule has 2 aliphatic heterocycles. The summed E-state index contributed by atoms with van der Waals surface area (Å²) in [5.41, 5.74) is -1.47. The van der Waals surface area contributed by atoms with Crippen LogP contribution in [0.4, 0.5) is 13.2 Å². The molecule has 0 aromatic carbocycles. The molecule has 1 aromatic rings. The topological polar surface area (TPSA) is 58.4 Å². The second-order valence-corrected chi connectivity index (χ2v) is 8.48. The normalized spacial score (nSPS) is 26.2. The van der Waals surface area contributed by atoms with Crippen LogP contribution in [0, 0.1) is 5.41 Å². The second-order valence-electron chi connectivity index (χ2n) is 6.50. The van der Waals surface area contributed by atoms with Crippen LogP contribution < -0.4 is 0 Å². The number of aromatic nitrogens is 2. The Morgan fingerprint density at radius 2 is 1.83 bits per heavy atom. The minimum absolute atomic E-state index is 0.163. The smallest absolute Gasteiger partial charge is 0.355 e. The number of sulfonamides is 1. The fraction of sp³-hybridized carbons (Fsp3) is 0.643. The number of piperazine rings is 1. The Kier molecular flexibility index (Phi) is 3.95. The predicted octanol–water partition coefficient (Wildman–Crippen LogP) is 1.38. The fourth-order valence-corrected chi connectivity index (χ4v) is 3.94. The van der Waals surface area contributed by atoms with Gasteiger partial charge in [-0.05, 0) is 13.0 Å². The van der Waals surface area contributed by atoms with Gasteiger partial charge in [0, 0.05) is 44.5 Å². The van der Waals surface area contributed by atoms with Gasteiger partial charge in [0.2, 0.25) is 10.0 Å². The largest absolute Gasteiger partial charge is 0.398 e. The Morgan fingerprint density at radius 3 is 2.38 bits per heavy atom. The van der Waals surface area contributed by atoms with Crippen LogP contribution in [0.15, 0.2) is 18.6 Å². The molecule has 0 saturated carbocycles. The number of rotatable bonds is 2. The van der Waals surface area contributed by atoms with Gasteiger partial charge in [0.1, 0.15) is 12.1 Å². The zero-order chi connectivity index (χ0) is 17.8. The highest BCUT2D eigenvalue weighted by Gasteiger charge is 2.52. The van der Waals surface area contributed by atoms with Crippen molar-refractivity contribution >= 4 is 15.8 Å². The molecule has 2 aliphatic rings. The molecule has 10 heteroatoms. The Balaban J connectivity index is 1.91. The first-order valence-corrected chi connectivity index (χ1v) is 9.37. The van der Waals surface area contributed by atoms with Crippen LogP contribution in [-0.2, 0) is 16.4 Å². The Labute approximate surface area is 138 Å². The Hall–Kier alpha value is -1.55. The van der Waals surface area contributed by atoms with Crippen molar-refractivity contribution in [3.63, 3.8) is 0 Å². The highest BCUT2D eigenvalue weighted by Crippen LogP contribution is 2.46. The third-order valence-corrected chi connectivity index (χ3v) is 5.94. The molecule has 0 spiro atoms. The quantitative estimate of drug-likeness (QED) is 0.796. The molecular weight excluding hydrogens is 345 g/mol. The van der Waals surface area contributed by atoms with E-state index in [-0.39, 0.29) is 19.5 Å². The predicted molar refractivity (Wildman–Crippen MR) is 82.4 cm³/mol. The summed E-state index contributed by atoms with van der Waals surface area (Å²) in [4.78, 5) is 5.76. The van der Waals surface area contributed by atoms with Gasteiger partial charge in [-0.1, -0.05) is 0 Å². The average Bonchev–Trinajstić information content (AvgIpc) is 2.92. The van der Waals surface area contributed by atoms with Gasteiger partial charge in [-0.3, -0.25) is 4.57 Å². The number of alkyl halides is 3. The first-order valence-electron chi connectivity index (χ1n) is 7.52. The van der Waals surface area contributed by atoms with E-state index in [1.807, 2.05) is 0 Å². The van der Waals surface area contributed by atoms with E-state index in [4.69, 9.17) is 0 Å². The first-order chi connectivity index (χ1) is 11.0. The van der Waals surface area contributed by atoms with Gasteiger partial charge >= 0.3 is 6.18 Å². The number of allylic oxidation sites excluding steroid dienone is 1. The lowest BCUT2D eigenvalue weighted by atomic mass is 9.82. The highest BCUT2D eigenvalue weighted by atomic mass is 32.2. The molecule has 3 heterocycles. The van der Waals surface area contributed by atoms with Crippen LogP contribution >= 0.6 is 0 Å². The van der Waals surface area contributed by atoms with Gasteiger partial charge in [0.15, 0.2) is 0 Å². The van der Waals surface area contributed by atoms with Crippen molar-refractivity contribution in [2.24, 2.45) is 5.41 Å². The summed E-state index contributed by atoms with van der Waals surface area (Å²) in [6, 6.07) is 0. The molecule has 134 valence electrons. The zero-order valence-corrected chi connectivity index (χ0v) is 14.2. The van der Waals surface area contributed by atoms with Crippen molar-refractivity contribution in [2.45, 2.75) is 19.5 Å². The summed E-state index contributed by atoms with van der Waals surface area (Å²) >= 11 is 0. The number of imidazole rings is 1. The lowest BCUT2D eigenvalue weighted by molar-refractivity contribution is -0.200. The van der Waals surface area contributed by atoms with Gasteiger partial charge in [0.05, 0.1) is 11.7 Å². The first kappa shape index (κ1) is 17.3. The molecule has 24 heavy (non-hydrogen) atoms. The number of hydrogen-bond donors (Lipinski definition) is 0. The van der Waals surface area contributed by atoms with Crippen LogP contribution in [0.25, 0.3) is 5.82 Å². The van der Waals surface area contributed by atoms with E-state index in [9.17, 15) is 21.6 Å². The highest BCUT2D eigenvalue weighted by molar-refractivity contribution is 7.88. The van der Waals surface area contributed by atoms with E-state index in [1.165, 1.54) is 29.8 Å². The molecule has 3 rings (SSSR count). The third kappa shape index (κ3) is 2.92. The molecule has 0 aliphatic carbocycles. The molecule has 1 unspecified atom stereocenters. The minimum Gasteiger partial charge on any atom is -0.355 e. The van der Waals surface area contributed by atoms with Gasteiger partial charge in [-0.25, -0.2) is 13.4 Å². The molecule has 0 radical (unpaired) electrons.